The summed E-state index contributed by atoms with van der Waals surface area (Å²) in [5.74, 6) is 0.0220. The molecule has 1 saturated heterocycles. The largest absolute Gasteiger partial charge is 0.364 e. The first-order valence-corrected chi connectivity index (χ1v) is 6.99. The second-order valence-electron chi connectivity index (χ2n) is 5.44. The van der Waals surface area contributed by atoms with Crippen LogP contribution in [0.1, 0.15) is 24.0 Å². The zero-order chi connectivity index (χ0) is 13.2. The van der Waals surface area contributed by atoms with E-state index < -0.39 is 0 Å². The van der Waals surface area contributed by atoms with Gasteiger partial charge in [-0.15, -0.1) is 0 Å². The zero-order valence-electron chi connectivity index (χ0n) is 11.0. The lowest BCUT2D eigenvalue weighted by atomic mass is 10.1. The van der Waals surface area contributed by atoms with E-state index in [0.717, 1.165) is 25.7 Å². The summed E-state index contributed by atoms with van der Waals surface area (Å²) in [6.45, 7) is 0.499. The van der Waals surface area contributed by atoms with Crippen molar-refractivity contribution in [3.8, 4) is 0 Å². The van der Waals surface area contributed by atoms with Crippen LogP contribution in [0.2, 0.25) is 0 Å². The third-order valence-corrected chi connectivity index (χ3v) is 4.06. The fourth-order valence-corrected chi connectivity index (χ4v) is 3.03. The monoisotopic (exact) mass is 260 g/mol. The van der Waals surface area contributed by atoms with Crippen LogP contribution in [-0.2, 0) is 22.4 Å². The molecule has 1 heterocycles. The number of benzene rings is 1. The van der Waals surface area contributed by atoms with Gasteiger partial charge < -0.3 is 15.8 Å². The van der Waals surface area contributed by atoms with Crippen molar-refractivity contribution in [3.63, 3.8) is 0 Å². The Labute approximate surface area is 113 Å². The molecule has 4 heteroatoms. The molecule has 2 atom stereocenters. The Morgan fingerprint density at radius 3 is 2.53 bits per heavy atom. The maximum atomic E-state index is 12.1. The number of amides is 1. The first-order valence-electron chi connectivity index (χ1n) is 6.99. The number of carbonyl (C=O) groups excluding carboxylic acids is 1. The highest BCUT2D eigenvalue weighted by molar-refractivity contribution is 5.81. The van der Waals surface area contributed by atoms with Gasteiger partial charge in [-0.05, 0) is 36.8 Å². The molecule has 0 bridgehead atoms. The van der Waals surface area contributed by atoms with Crippen molar-refractivity contribution in [2.24, 2.45) is 5.73 Å². The molecule has 0 saturated carbocycles. The fourth-order valence-electron chi connectivity index (χ4n) is 3.03. The Morgan fingerprint density at radius 2 is 1.95 bits per heavy atom. The molecule has 3 rings (SSSR count). The molecule has 1 aromatic rings. The standard InChI is InChI=1S/C15H20N2O2/c16-9-13-5-6-14(19-13)15(18)17-12-7-10-3-1-2-4-11(10)8-12/h1-4,12-14H,5-9,16H2,(H,17,18). The van der Waals surface area contributed by atoms with Gasteiger partial charge in [-0.3, -0.25) is 4.79 Å². The van der Waals surface area contributed by atoms with E-state index in [2.05, 4.69) is 29.6 Å². The molecule has 2 aliphatic rings. The maximum Gasteiger partial charge on any atom is 0.249 e. The highest BCUT2D eigenvalue weighted by Gasteiger charge is 2.32. The van der Waals surface area contributed by atoms with Crippen LogP contribution in [0.3, 0.4) is 0 Å². The van der Waals surface area contributed by atoms with E-state index in [4.69, 9.17) is 10.5 Å². The van der Waals surface area contributed by atoms with Crippen molar-refractivity contribution >= 4 is 5.91 Å². The number of rotatable bonds is 3. The van der Waals surface area contributed by atoms with Crippen LogP contribution < -0.4 is 11.1 Å². The lowest BCUT2D eigenvalue weighted by molar-refractivity contribution is -0.132. The van der Waals surface area contributed by atoms with Gasteiger partial charge in [0.2, 0.25) is 5.91 Å². The van der Waals surface area contributed by atoms with E-state index >= 15 is 0 Å². The van der Waals surface area contributed by atoms with E-state index in [0.29, 0.717) is 6.54 Å². The quantitative estimate of drug-likeness (QED) is 0.844. The van der Waals surface area contributed by atoms with Crippen LogP contribution in [0.5, 0.6) is 0 Å². The number of hydrogen-bond acceptors (Lipinski definition) is 3. The third-order valence-electron chi connectivity index (χ3n) is 4.06. The molecule has 1 aliphatic carbocycles. The number of fused-ring (bicyclic) bond motifs is 1. The van der Waals surface area contributed by atoms with Crippen LogP contribution in [0.15, 0.2) is 24.3 Å². The van der Waals surface area contributed by atoms with E-state index in [-0.39, 0.29) is 24.2 Å². The van der Waals surface area contributed by atoms with Crippen molar-refractivity contribution in [1.29, 1.82) is 0 Å². The van der Waals surface area contributed by atoms with Crippen LogP contribution in [0.25, 0.3) is 0 Å². The first-order chi connectivity index (χ1) is 9.26. The molecule has 19 heavy (non-hydrogen) atoms. The summed E-state index contributed by atoms with van der Waals surface area (Å²) in [5, 5.41) is 3.11. The Hall–Kier alpha value is -1.39. The average molecular weight is 260 g/mol. The molecule has 4 nitrogen and oxygen atoms in total. The number of nitrogens with two attached hydrogens (primary N) is 1. The highest BCUT2D eigenvalue weighted by Crippen LogP contribution is 2.23. The first kappa shape index (κ1) is 12.6. The minimum Gasteiger partial charge on any atom is -0.364 e. The SMILES string of the molecule is NCC1CCC(C(=O)NC2Cc3ccccc3C2)O1. The Morgan fingerprint density at radius 1 is 1.26 bits per heavy atom. The molecule has 0 aromatic heterocycles. The zero-order valence-corrected chi connectivity index (χ0v) is 11.0. The summed E-state index contributed by atoms with van der Waals surface area (Å²) in [6.07, 6.45) is 3.27. The molecule has 0 spiro atoms. The van der Waals surface area contributed by atoms with Crippen molar-refractivity contribution in [2.75, 3.05) is 6.54 Å². The van der Waals surface area contributed by atoms with Crippen molar-refractivity contribution in [2.45, 2.75) is 43.9 Å². The molecule has 2 unspecified atom stereocenters. The van der Waals surface area contributed by atoms with Gasteiger partial charge in [-0.2, -0.15) is 0 Å². The van der Waals surface area contributed by atoms with Crippen LogP contribution in [0, 0.1) is 0 Å². The molecule has 3 N–H and O–H groups in total. The molecule has 102 valence electrons. The predicted molar refractivity (Wildman–Crippen MR) is 72.7 cm³/mol. The lowest BCUT2D eigenvalue weighted by Gasteiger charge is -2.16. The molecule has 1 fully saturated rings. The molecule has 1 amide bonds. The van der Waals surface area contributed by atoms with E-state index in [1.807, 2.05) is 0 Å². The van der Waals surface area contributed by atoms with Gasteiger partial charge in [-0.25, -0.2) is 0 Å². The molecule has 1 aromatic carbocycles. The van der Waals surface area contributed by atoms with Crippen LogP contribution >= 0.6 is 0 Å². The Kier molecular flexibility index (Phi) is 3.53. The van der Waals surface area contributed by atoms with Gasteiger partial charge in [0.1, 0.15) is 6.10 Å². The molecular weight excluding hydrogens is 240 g/mol. The van der Waals surface area contributed by atoms with Crippen LogP contribution in [-0.4, -0.2) is 30.7 Å². The summed E-state index contributed by atoms with van der Waals surface area (Å²) >= 11 is 0. The highest BCUT2D eigenvalue weighted by atomic mass is 16.5. The maximum absolute atomic E-state index is 12.1. The smallest absolute Gasteiger partial charge is 0.249 e. The Bertz CT molecular complexity index is 450. The summed E-state index contributed by atoms with van der Waals surface area (Å²) in [5.41, 5.74) is 8.25. The molecular formula is C15H20N2O2. The van der Waals surface area contributed by atoms with E-state index in [9.17, 15) is 4.79 Å². The van der Waals surface area contributed by atoms with Crippen molar-refractivity contribution in [1.82, 2.24) is 5.32 Å². The average Bonchev–Trinajstić information content (AvgIpc) is 3.04. The van der Waals surface area contributed by atoms with Gasteiger partial charge in [0.25, 0.3) is 0 Å². The molecule has 0 radical (unpaired) electrons. The second kappa shape index (κ2) is 5.31. The molecule has 1 aliphatic heterocycles. The van der Waals surface area contributed by atoms with Crippen molar-refractivity contribution < 1.29 is 9.53 Å². The summed E-state index contributed by atoms with van der Waals surface area (Å²) in [4.78, 5) is 12.1. The summed E-state index contributed by atoms with van der Waals surface area (Å²) in [7, 11) is 0. The van der Waals surface area contributed by atoms with E-state index in [1.54, 1.807) is 0 Å². The predicted octanol–water partition coefficient (Wildman–Crippen LogP) is 0.776. The lowest BCUT2D eigenvalue weighted by Crippen LogP contribution is -2.42. The van der Waals surface area contributed by atoms with Gasteiger partial charge in [0.05, 0.1) is 6.10 Å². The minimum absolute atomic E-state index is 0.0220. The normalized spacial score (nSPS) is 26.4. The number of ether oxygens (including phenoxy) is 1. The van der Waals surface area contributed by atoms with Gasteiger partial charge in [0, 0.05) is 12.6 Å². The number of nitrogens with one attached hydrogen (secondary N) is 1. The van der Waals surface area contributed by atoms with Gasteiger partial charge >= 0.3 is 0 Å². The van der Waals surface area contributed by atoms with Gasteiger partial charge in [0.15, 0.2) is 0 Å². The summed E-state index contributed by atoms with van der Waals surface area (Å²) in [6, 6.07) is 8.59. The van der Waals surface area contributed by atoms with Gasteiger partial charge in [-0.1, -0.05) is 24.3 Å². The number of carbonyl (C=O) groups is 1. The Balaban J connectivity index is 1.55. The second-order valence-corrected chi connectivity index (χ2v) is 5.44. The minimum atomic E-state index is -0.308. The van der Waals surface area contributed by atoms with Crippen molar-refractivity contribution in [3.05, 3.63) is 35.4 Å². The third kappa shape index (κ3) is 2.65. The number of hydrogen-bond donors (Lipinski definition) is 2. The fraction of sp³-hybridized carbons (Fsp3) is 0.533. The van der Waals surface area contributed by atoms with E-state index in [1.165, 1.54) is 11.1 Å². The summed E-state index contributed by atoms with van der Waals surface area (Å²) < 4.78 is 5.62. The topological polar surface area (TPSA) is 64.4 Å². The van der Waals surface area contributed by atoms with Crippen LogP contribution in [0.4, 0.5) is 0 Å².